The second-order valence-corrected chi connectivity index (χ2v) is 11.3. The van der Waals surface area contributed by atoms with E-state index < -0.39 is 12.6 Å². The van der Waals surface area contributed by atoms with Crippen LogP contribution in [0.25, 0.3) is 0 Å². The molecule has 2 aliphatic rings. The summed E-state index contributed by atoms with van der Waals surface area (Å²) in [7, 11) is 0. The van der Waals surface area contributed by atoms with Crippen molar-refractivity contribution in [1.29, 1.82) is 0 Å². The number of thiazole rings is 1. The fourth-order valence-corrected chi connectivity index (χ4v) is 6.01. The van der Waals surface area contributed by atoms with E-state index in [0.29, 0.717) is 17.9 Å². The molecular weight excluding hydrogens is 473 g/mol. The van der Waals surface area contributed by atoms with Gasteiger partial charge >= 0.3 is 6.18 Å². The maximum Gasteiger partial charge on any atom is 0.389 e. The van der Waals surface area contributed by atoms with E-state index in [4.69, 9.17) is 0 Å². The second-order valence-electron chi connectivity index (χ2n) is 10.0. The largest absolute Gasteiger partial charge is 0.389 e. The quantitative estimate of drug-likeness (QED) is 0.542. The lowest BCUT2D eigenvalue weighted by molar-refractivity contribution is -0.134. The Morgan fingerprint density at radius 3 is 2.63 bits per heavy atom. The summed E-state index contributed by atoms with van der Waals surface area (Å²) in [6.07, 6.45) is 6.12. The van der Waals surface area contributed by atoms with Crippen molar-refractivity contribution in [2.45, 2.75) is 83.4 Å². The lowest BCUT2D eigenvalue weighted by atomic mass is 9.84. The van der Waals surface area contributed by atoms with Gasteiger partial charge in [-0.25, -0.2) is 4.98 Å². The van der Waals surface area contributed by atoms with Crippen LogP contribution in [0.3, 0.4) is 0 Å². The van der Waals surface area contributed by atoms with Crippen molar-refractivity contribution in [2.75, 3.05) is 19.6 Å². The summed E-state index contributed by atoms with van der Waals surface area (Å²) in [5, 5.41) is 4.19. The van der Waals surface area contributed by atoms with Gasteiger partial charge in [-0.15, -0.1) is 11.3 Å². The molecule has 1 fully saturated rings. The smallest absolute Gasteiger partial charge is 0.353 e. The molecule has 35 heavy (non-hydrogen) atoms. The van der Waals surface area contributed by atoms with Gasteiger partial charge in [-0.3, -0.25) is 9.78 Å². The van der Waals surface area contributed by atoms with Gasteiger partial charge in [0.15, 0.2) is 0 Å². The van der Waals surface area contributed by atoms with Crippen LogP contribution in [-0.4, -0.2) is 52.6 Å². The molecule has 0 atom stereocenters. The first-order valence-corrected chi connectivity index (χ1v) is 13.5. The number of rotatable bonds is 8. The molecule has 2 aromatic rings. The highest BCUT2D eigenvalue weighted by Crippen LogP contribution is 2.28. The number of amides is 1. The predicted octanol–water partition coefficient (Wildman–Crippen LogP) is 5.05. The van der Waals surface area contributed by atoms with Crippen LogP contribution in [0.4, 0.5) is 13.2 Å². The summed E-state index contributed by atoms with van der Waals surface area (Å²) in [5.41, 5.74) is 2.82. The number of hydrogen-bond donors (Lipinski definition) is 1. The van der Waals surface area contributed by atoms with Crippen molar-refractivity contribution in [1.82, 2.24) is 20.2 Å². The van der Waals surface area contributed by atoms with Gasteiger partial charge in [0.1, 0.15) is 0 Å². The summed E-state index contributed by atoms with van der Waals surface area (Å²) < 4.78 is 37.6. The van der Waals surface area contributed by atoms with E-state index in [2.05, 4.69) is 20.2 Å². The number of pyridine rings is 1. The first-order valence-electron chi connectivity index (χ1n) is 12.7. The van der Waals surface area contributed by atoms with Crippen LogP contribution >= 0.6 is 11.3 Å². The van der Waals surface area contributed by atoms with E-state index >= 15 is 0 Å². The van der Waals surface area contributed by atoms with E-state index in [1.807, 2.05) is 13.0 Å². The van der Waals surface area contributed by atoms with Crippen LogP contribution in [-0.2, 0) is 30.5 Å². The zero-order valence-corrected chi connectivity index (χ0v) is 21.2. The lowest BCUT2D eigenvalue weighted by Crippen LogP contribution is -2.38. The van der Waals surface area contributed by atoms with E-state index in [0.717, 1.165) is 85.7 Å². The Balaban J connectivity index is 1.16. The van der Waals surface area contributed by atoms with E-state index in [9.17, 15) is 18.0 Å². The molecule has 0 saturated heterocycles. The standard InChI is InChI=1S/C26H35F3N4OS/c1-18-30-17-23(35-18)15-25(34)32-22-4-2-19(3-5-22)7-11-33-12-8-21-14-20(6-10-26(27,28)29)16-31-24(21)9-13-33/h14,16-17,19,22H,2-13,15H2,1H3,(H,32,34). The predicted molar refractivity (Wildman–Crippen MR) is 132 cm³/mol. The van der Waals surface area contributed by atoms with Crippen LogP contribution < -0.4 is 5.32 Å². The summed E-state index contributed by atoms with van der Waals surface area (Å²) in [6.45, 7) is 4.87. The average Bonchev–Trinajstić information content (AvgIpc) is 3.10. The SMILES string of the molecule is Cc1ncc(CC(=O)NC2CCC(CCN3CCc4cc(CCC(F)(F)F)cnc4CC3)CC2)s1. The first-order chi connectivity index (χ1) is 16.7. The van der Waals surface area contributed by atoms with E-state index in [1.54, 1.807) is 23.7 Å². The maximum atomic E-state index is 12.5. The summed E-state index contributed by atoms with van der Waals surface area (Å²) in [5.74, 6) is 0.779. The molecule has 1 aliphatic heterocycles. The summed E-state index contributed by atoms with van der Waals surface area (Å²) >= 11 is 1.58. The van der Waals surface area contributed by atoms with Gasteiger partial charge in [-0.2, -0.15) is 13.2 Å². The van der Waals surface area contributed by atoms with E-state index in [-0.39, 0.29) is 18.4 Å². The Hall–Kier alpha value is -2.00. The molecule has 9 heteroatoms. The van der Waals surface area contributed by atoms with Crippen LogP contribution in [0, 0.1) is 12.8 Å². The molecule has 1 aliphatic carbocycles. The fraction of sp³-hybridized carbons (Fsp3) is 0.654. The Morgan fingerprint density at radius 2 is 1.91 bits per heavy atom. The fourth-order valence-electron chi connectivity index (χ4n) is 5.22. The van der Waals surface area contributed by atoms with Gasteiger partial charge < -0.3 is 10.2 Å². The van der Waals surface area contributed by atoms with Crippen molar-refractivity contribution in [2.24, 2.45) is 5.92 Å². The van der Waals surface area contributed by atoms with Gasteiger partial charge in [0, 0.05) is 54.9 Å². The molecule has 1 amide bonds. The minimum Gasteiger partial charge on any atom is -0.353 e. The van der Waals surface area contributed by atoms with Crippen molar-refractivity contribution in [3.05, 3.63) is 45.2 Å². The number of nitrogens with zero attached hydrogens (tertiary/aromatic N) is 3. The Bertz CT molecular complexity index is 985. The highest BCUT2D eigenvalue weighted by Gasteiger charge is 2.27. The molecule has 2 aromatic heterocycles. The van der Waals surface area contributed by atoms with Crippen LogP contribution in [0.5, 0.6) is 0 Å². The minimum absolute atomic E-state index is 0.00152. The number of halogens is 3. The molecule has 0 unspecified atom stereocenters. The van der Waals surface area contributed by atoms with Crippen molar-refractivity contribution in [3.63, 3.8) is 0 Å². The molecule has 4 rings (SSSR count). The molecule has 0 spiro atoms. The van der Waals surface area contributed by atoms with E-state index in [1.165, 1.54) is 0 Å². The molecular formula is C26H35F3N4OS. The zero-order chi connectivity index (χ0) is 24.8. The highest BCUT2D eigenvalue weighted by atomic mass is 32.1. The third kappa shape index (κ3) is 8.27. The zero-order valence-electron chi connectivity index (χ0n) is 20.4. The Morgan fingerprint density at radius 1 is 1.14 bits per heavy atom. The van der Waals surface area contributed by atoms with Gasteiger partial charge in [0.25, 0.3) is 0 Å². The van der Waals surface area contributed by atoms with Gasteiger partial charge in [0.2, 0.25) is 5.91 Å². The van der Waals surface area contributed by atoms with Crippen molar-refractivity contribution >= 4 is 17.2 Å². The lowest BCUT2D eigenvalue weighted by Gasteiger charge is -2.30. The number of alkyl halides is 3. The molecule has 1 saturated carbocycles. The molecule has 192 valence electrons. The van der Waals surface area contributed by atoms with Crippen molar-refractivity contribution < 1.29 is 18.0 Å². The van der Waals surface area contributed by atoms with Crippen LogP contribution in [0.2, 0.25) is 0 Å². The highest BCUT2D eigenvalue weighted by molar-refractivity contribution is 7.11. The van der Waals surface area contributed by atoms with Gasteiger partial charge in [-0.1, -0.05) is 6.07 Å². The maximum absolute atomic E-state index is 12.5. The normalized spacial score (nSPS) is 21.4. The Kier molecular flexibility index (Phi) is 8.81. The van der Waals surface area contributed by atoms with Crippen LogP contribution in [0.15, 0.2) is 18.5 Å². The Labute approximate surface area is 209 Å². The molecule has 3 heterocycles. The molecule has 0 bridgehead atoms. The topological polar surface area (TPSA) is 58.1 Å². The number of fused-ring (bicyclic) bond motifs is 1. The number of hydrogen-bond acceptors (Lipinski definition) is 5. The molecule has 5 nitrogen and oxygen atoms in total. The number of carbonyl (C=O) groups excluding carboxylic acids is 1. The average molecular weight is 509 g/mol. The first kappa shape index (κ1) is 26.1. The summed E-state index contributed by atoms with van der Waals surface area (Å²) in [6, 6.07) is 2.21. The second kappa shape index (κ2) is 11.8. The number of nitrogens with one attached hydrogen (secondary N) is 1. The molecule has 1 N–H and O–H groups in total. The van der Waals surface area contributed by atoms with Gasteiger partial charge in [-0.05, 0) is 75.5 Å². The third-order valence-corrected chi connectivity index (χ3v) is 8.16. The monoisotopic (exact) mass is 508 g/mol. The third-order valence-electron chi connectivity index (χ3n) is 7.25. The number of aryl methyl sites for hydroxylation is 2. The van der Waals surface area contributed by atoms with Crippen LogP contribution in [0.1, 0.15) is 65.2 Å². The summed E-state index contributed by atoms with van der Waals surface area (Å²) in [4.78, 5) is 24.5. The van der Waals surface area contributed by atoms with Gasteiger partial charge in [0.05, 0.1) is 11.4 Å². The minimum atomic E-state index is -4.13. The molecule has 0 aromatic carbocycles. The number of carbonyl (C=O) groups is 1. The number of aromatic nitrogens is 2. The molecule has 0 radical (unpaired) electrons. The van der Waals surface area contributed by atoms with Crippen molar-refractivity contribution in [3.8, 4) is 0 Å².